The Morgan fingerprint density at radius 2 is 1.56 bits per heavy atom. The Kier molecular flexibility index (Phi) is 21.4. The first kappa shape index (κ1) is 35.7. The number of ketones is 1. The first-order valence-electron chi connectivity index (χ1n) is 13.5. The van der Waals surface area contributed by atoms with Gasteiger partial charge in [0, 0.05) is 6.42 Å². The van der Waals surface area contributed by atoms with Gasteiger partial charge in [0.15, 0.2) is 0 Å². The predicted octanol–water partition coefficient (Wildman–Crippen LogP) is 0.222. The van der Waals surface area contributed by atoms with E-state index in [0.29, 0.717) is 31.9 Å². The molecule has 0 saturated heterocycles. The molecular weight excluding hydrogens is 491 g/mol. The Morgan fingerprint density at radius 3 is 2.06 bits per heavy atom. The standard InChI is InChI=1S/C26H48N2O6S.Na/c1-2-3-4-5-6-7-8-9-10-11-12-13-14-15-16-17-25(31)26-27(20-21-29)18-19-28(26)22-24(30)23-35(32,33)34;/h2-3,24,29-30H,4-23H2,1H3;/q;+1/b3-2+;. The topological polar surface area (TPSA) is 121 Å². The van der Waals surface area contributed by atoms with Crippen molar-refractivity contribution in [2.45, 2.75) is 103 Å². The number of unbranched alkanes of at least 4 members (excludes halogenated alkanes) is 12. The van der Waals surface area contributed by atoms with Crippen LogP contribution in [0.4, 0.5) is 0 Å². The number of hydrogen-bond acceptors (Lipinski definition) is 7. The van der Waals surface area contributed by atoms with Gasteiger partial charge in [-0.15, -0.1) is 0 Å². The van der Waals surface area contributed by atoms with Crippen LogP contribution in [0.2, 0.25) is 0 Å². The number of allylic oxidation sites excluding steroid dienone is 2. The SMILES string of the molecule is C/C=C/CCCCCCCCCCCCCCC(=O)C1=[N+](CC(O)CS(=O)(=O)[O-])CCN1CCO.[Na+]. The summed E-state index contributed by atoms with van der Waals surface area (Å²) in [6, 6.07) is 0. The van der Waals surface area contributed by atoms with Gasteiger partial charge in [0.25, 0.3) is 0 Å². The minimum absolute atomic E-state index is 0. The second-order valence-electron chi connectivity index (χ2n) is 9.63. The van der Waals surface area contributed by atoms with Gasteiger partial charge in [-0.1, -0.05) is 76.4 Å². The van der Waals surface area contributed by atoms with Crippen LogP contribution in [0.5, 0.6) is 0 Å². The molecule has 0 aromatic heterocycles. The van der Waals surface area contributed by atoms with Crippen molar-refractivity contribution in [3.8, 4) is 0 Å². The van der Waals surface area contributed by atoms with Gasteiger partial charge >= 0.3 is 35.4 Å². The van der Waals surface area contributed by atoms with E-state index in [1.165, 1.54) is 64.2 Å². The minimum atomic E-state index is -4.54. The van der Waals surface area contributed by atoms with Crippen molar-refractivity contribution in [3.05, 3.63) is 12.2 Å². The Morgan fingerprint density at radius 1 is 1.03 bits per heavy atom. The molecule has 0 aromatic carbocycles. The zero-order chi connectivity index (χ0) is 25.9. The number of amidine groups is 1. The molecule has 0 bridgehead atoms. The first-order chi connectivity index (χ1) is 16.8. The van der Waals surface area contributed by atoms with Crippen LogP contribution >= 0.6 is 0 Å². The maximum Gasteiger partial charge on any atom is 1.00 e. The number of β-amino-alcohol motifs (C(OH)–C–C–N with tert-alkyl or cyclic N) is 2. The van der Waals surface area contributed by atoms with Gasteiger partial charge in [-0.3, -0.25) is 14.3 Å². The predicted molar refractivity (Wildman–Crippen MR) is 139 cm³/mol. The van der Waals surface area contributed by atoms with Crippen molar-refractivity contribution < 1.29 is 62.1 Å². The van der Waals surface area contributed by atoms with E-state index in [0.717, 1.165) is 19.3 Å². The van der Waals surface area contributed by atoms with Crippen LogP contribution < -0.4 is 29.6 Å². The van der Waals surface area contributed by atoms with Crippen molar-refractivity contribution in [2.75, 3.05) is 38.5 Å². The molecule has 1 unspecified atom stereocenters. The molecule has 0 spiro atoms. The molecule has 10 heteroatoms. The fourth-order valence-corrected chi connectivity index (χ4v) is 5.24. The fraction of sp³-hybridized carbons (Fsp3) is 0.846. The summed E-state index contributed by atoms with van der Waals surface area (Å²) >= 11 is 0. The van der Waals surface area contributed by atoms with E-state index in [2.05, 4.69) is 19.1 Å². The summed E-state index contributed by atoms with van der Waals surface area (Å²) in [7, 11) is -4.54. The Bertz CT molecular complexity index is 758. The number of hydrogen-bond donors (Lipinski definition) is 2. The maximum absolute atomic E-state index is 12.9. The van der Waals surface area contributed by atoms with E-state index in [-0.39, 0.29) is 48.5 Å². The number of rotatable bonds is 22. The van der Waals surface area contributed by atoms with Crippen LogP contribution in [0, 0.1) is 0 Å². The molecule has 0 fully saturated rings. The second-order valence-corrected chi connectivity index (χ2v) is 11.1. The Labute approximate surface area is 241 Å². The molecule has 8 nitrogen and oxygen atoms in total. The van der Waals surface area contributed by atoms with Gasteiger partial charge < -0.3 is 14.8 Å². The number of nitrogens with zero attached hydrogens (tertiary/aromatic N) is 2. The molecule has 0 radical (unpaired) electrons. The molecule has 36 heavy (non-hydrogen) atoms. The van der Waals surface area contributed by atoms with Gasteiger partial charge in [0.1, 0.15) is 32.3 Å². The normalized spacial score (nSPS) is 15.1. The van der Waals surface area contributed by atoms with E-state index in [1.807, 2.05) is 0 Å². The van der Waals surface area contributed by atoms with Crippen LogP contribution in [0.25, 0.3) is 0 Å². The molecule has 0 amide bonds. The molecular formula is C26H48N2NaO6S+. The van der Waals surface area contributed by atoms with E-state index in [4.69, 9.17) is 0 Å². The summed E-state index contributed by atoms with van der Waals surface area (Å²) in [4.78, 5) is 14.7. The van der Waals surface area contributed by atoms with Crippen LogP contribution in [-0.2, 0) is 14.9 Å². The molecule has 0 aliphatic carbocycles. The Hall–Kier alpha value is -0.290. The van der Waals surface area contributed by atoms with Crippen LogP contribution in [0.15, 0.2) is 12.2 Å². The van der Waals surface area contributed by atoms with Crippen LogP contribution in [0.3, 0.4) is 0 Å². The number of carbonyl (C=O) groups is 1. The van der Waals surface area contributed by atoms with Crippen molar-refractivity contribution in [3.63, 3.8) is 0 Å². The number of carbonyl (C=O) groups excluding carboxylic acids is 1. The van der Waals surface area contributed by atoms with Gasteiger partial charge in [0.2, 0.25) is 5.78 Å². The van der Waals surface area contributed by atoms with Crippen molar-refractivity contribution >= 4 is 21.7 Å². The van der Waals surface area contributed by atoms with Crippen molar-refractivity contribution in [1.29, 1.82) is 0 Å². The monoisotopic (exact) mass is 539 g/mol. The summed E-state index contributed by atoms with van der Waals surface area (Å²) in [5, 5.41) is 19.3. The third-order valence-corrected chi connectivity index (χ3v) is 7.24. The van der Waals surface area contributed by atoms with E-state index < -0.39 is 22.0 Å². The fourth-order valence-electron chi connectivity index (χ4n) is 4.66. The molecule has 204 valence electrons. The quantitative estimate of drug-likeness (QED) is 0.0664. The zero-order valence-electron chi connectivity index (χ0n) is 22.7. The van der Waals surface area contributed by atoms with Crippen molar-refractivity contribution in [2.24, 2.45) is 0 Å². The largest absolute Gasteiger partial charge is 1.00 e. The number of Topliss-reactive ketones (excluding diaryl/α,β-unsaturated/α-hetero) is 1. The second kappa shape index (κ2) is 21.6. The summed E-state index contributed by atoms with van der Waals surface area (Å²) in [5.41, 5.74) is 0. The van der Waals surface area contributed by atoms with Gasteiger partial charge in [-0.2, -0.15) is 0 Å². The first-order valence-corrected chi connectivity index (χ1v) is 15.1. The average Bonchev–Trinajstić information content (AvgIpc) is 3.17. The summed E-state index contributed by atoms with van der Waals surface area (Å²) < 4.78 is 34.4. The third kappa shape index (κ3) is 17.3. The molecule has 1 heterocycles. The van der Waals surface area contributed by atoms with Crippen LogP contribution in [0.1, 0.15) is 96.8 Å². The minimum Gasteiger partial charge on any atom is -0.748 e. The van der Waals surface area contributed by atoms with E-state index in [1.54, 1.807) is 9.48 Å². The number of aliphatic hydroxyl groups excluding tert-OH is 2. The van der Waals surface area contributed by atoms with Crippen LogP contribution in [-0.4, -0.2) is 88.9 Å². The van der Waals surface area contributed by atoms with Gasteiger partial charge in [-0.25, -0.2) is 8.42 Å². The van der Waals surface area contributed by atoms with Gasteiger partial charge in [0.05, 0.1) is 22.5 Å². The summed E-state index contributed by atoms with van der Waals surface area (Å²) in [6.45, 7) is 3.17. The number of aliphatic hydroxyl groups is 2. The maximum atomic E-state index is 12.9. The zero-order valence-corrected chi connectivity index (χ0v) is 25.5. The third-order valence-electron chi connectivity index (χ3n) is 6.45. The van der Waals surface area contributed by atoms with Gasteiger partial charge in [-0.05, 0) is 26.2 Å². The van der Waals surface area contributed by atoms with E-state index in [9.17, 15) is 28.0 Å². The molecule has 2 N–H and O–H groups in total. The summed E-state index contributed by atoms with van der Waals surface area (Å²) in [5.74, 6) is -0.510. The molecule has 1 aliphatic rings. The molecule has 0 saturated carbocycles. The summed E-state index contributed by atoms with van der Waals surface area (Å²) in [6.07, 6.45) is 19.1. The molecule has 1 aliphatic heterocycles. The van der Waals surface area contributed by atoms with E-state index >= 15 is 0 Å². The van der Waals surface area contributed by atoms with Crippen molar-refractivity contribution in [1.82, 2.24) is 4.90 Å². The molecule has 1 atom stereocenters. The Balaban J connectivity index is 0.0000122. The average molecular weight is 540 g/mol. The molecule has 0 aromatic rings. The smallest absolute Gasteiger partial charge is 0.748 e. The molecule has 1 rings (SSSR count).